The molecule has 0 aromatic carbocycles. The van der Waals surface area contributed by atoms with Gasteiger partial charge >= 0.3 is 5.97 Å². The fourth-order valence-corrected chi connectivity index (χ4v) is 2.46. The van der Waals surface area contributed by atoms with Gasteiger partial charge in [0.05, 0.1) is 0 Å². The first-order valence-electron chi connectivity index (χ1n) is 6.53. The maximum Gasteiger partial charge on any atom is 0.321 e. The normalized spacial score (nSPS) is 23.4. The number of rotatable bonds is 3. The molecule has 0 radical (unpaired) electrons. The Morgan fingerprint density at radius 3 is 3.15 bits per heavy atom. The molecule has 0 aliphatic heterocycles. The molecule has 1 aromatic rings. The van der Waals surface area contributed by atoms with E-state index in [1.54, 1.807) is 13.0 Å². The van der Waals surface area contributed by atoms with Gasteiger partial charge < -0.3 is 9.26 Å². The van der Waals surface area contributed by atoms with E-state index in [-0.39, 0.29) is 12.6 Å². The van der Waals surface area contributed by atoms with Crippen molar-refractivity contribution in [3.63, 3.8) is 0 Å². The van der Waals surface area contributed by atoms with Gasteiger partial charge in [0.1, 0.15) is 23.5 Å². The Bertz CT molecular complexity index is 648. The van der Waals surface area contributed by atoms with Crippen molar-refractivity contribution in [1.82, 2.24) is 5.16 Å². The number of carbonyl (C=O) groups excluding carboxylic acids is 1. The molecule has 1 unspecified atom stereocenters. The van der Waals surface area contributed by atoms with Crippen LogP contribution in [-0.2, 0) is 16.1 Å². The molecule has 1 aromatic heterocycles. The van der Waals surface area contributed by atoms with Crippen molar-refractivity contribution in [3.05, 3.63) is 65.6 Å². The summed E-state index contributed by atoms with van der Waals surface area (Å²) in [6.07, 6.45) is 14.2. The van der Waals surface area contributed by atoms with Crippen molar-refractivity contribution < 1.29 is 14.1 Å². The molecule has 3 rings (SSSR count). The lowest BCUT2D eigenvalue weighted by Gasteiger charge is -2.32. The third kappa shape index (κ3) is 2.13. The van der Waals surface area contributed by atoms with Gasteiger partial charge in [0, 0.05) is 6.07 Å². The van der Waals surface area contributed by atoms with Crippen LogP contribution in [0.15, 0.2) is 58.7 Å². The van der Waals surface area contributed by atoms with Gasteiger partial charge in [0.2, 0.25) is 0 Å². The van der Waals surface area contributed by atoms with Gasteiger partial charge in [-0.05, 0) is 18.9 Å². The van der Waals surface area contributed by atoms with Gasteiger partial charge in [-0.15, -0.1) is 0 Å². The fraction of sp³-hybridized carbons (Fsp3) is 0.250. The topological polar surface area (TPSA) is 52.3 Å². The number of hydrogen-bond donors (Lipinski definition) is 0. The van der Waals surface area contributed by atoms with Crippen LogP contribution in [0.3, 0.4) is 0 Å². The van der Waals surface area contributed by atoms with Crippen LogP contribution in [0.1, 0.15) is 17.9 Å². The third-order valence-electron chi connectivity index (χ3n) is 3.53. The Labute approximate surface area is 117 Å². The fourth-order valence-electron chi connectivity index (χ4n) is 2.46. The van der Waals surface area contributed by atoms with Crippen LogP contribution in [0.5, 0.6) is 0 Å². The summed E-state index contributed by atoms with van der Waals surface area (Å²) < 4.78 is 10.4. The molecule has 0 spiro atoms. The largest absolute Gasteiger partial charge is 0.458 e. The van der Waals surface area contributed by atoms with Crippen molar-refractivity contribution in [2.45, 2.75) is 20.0 Å². The quantitative estimate of drug-likeness (QED) is 0.791. The second-order valence-electron chi connectivity index (χ2n) is 4.95. The Balaban J connectivity index is 1.76. The van der Waals surface area contributed by atoms with Crippen LogP contribution in [-0.4, -0.2) is 11.1 Å². The summed E-state index contributed by atoms with van der Waals surface area (Å²) in [5.74, 6) is 0.449. The van der Waals surface area contributed by atoms with E-state index in [0.717, 1.165) is 5.57 Å². The van der Waals surface area contributed by atoms with Crippen LogP contribution in [0.2, 0.25) is 0 Å². The Kier molecular flexibility index (Phi) is 3.14. The van der Waals surface area contributed by atoms with E-state index in [1.807, 2.05) is 42.5 Å². The number of allylic oxidation sites excluding steroid dienone is 6. The molecule has 1 heterocycles. The monoisotopic (exact) mass is 269 g/mol. The van der Waals surface area contributed by atoms with Crippen LogP contribution < -0.4 is 0 Å². The molecule has 0 bridgehead atoms. The molecule has 0 fully saturated rings. The van der Waals surface area contributed by atoms with Crippen molar-refractivity contribution in [2.75, 3.05) is 0 Å². The molecule has 0 saturated carbocycles. The molecule has 0 saturated heterocycles. The Hall–Kier alpha value is -2.36. The molecule has 2 aliphatic carbocycles. The predicted molar refractivity (Wildman–Crippen MR) is 73.6 cm³/mol. The van der Waals surface area contributed by atoms with E-state index in [1.165, 1.54) is 0 Å². The first kappa shape index (κ1) is 12.7. The number of hydrogen-bond acceptors (Lipinski definition) is 4. The summed E-state index contributed by atoms with van der Waals surface area (Å²) in [6, 6.07) is 1.76. The number of nitrogens with zero attached hydrogens (tertiary/aromatic N) is 1. The minimum Gasteiger partial charge on any atom is -0.458 e. The highest BCUT2D eigenvalue weighted by Crippen LogP contribution is 2.40. The van der Waals surface area contributed by atoms with E-state index in [9.17, 15) is 4.79 Å². The zero-order valence-electron chi connectivity index (χ0n) is 11.2. The smallest absolute Gasteiger partial charge is 0.321 e. The van der Waals surface area contributed by atoms with Crippen molar-refractivity contribution >= 4 is 5.97 Å². The number of carbonyl (C=O) groups is 1. The SMILES string of the molecule is Cc1cc(COC(=O)C23C=CC=CC2=CC=CC3)no1. The standard InChI is InChI=1S/C16H15NO3/c1-12-10-14(17-20-12)11-19-15(18)16-8-4-2-6-13(16)7-3-5-9-16/h2-8,10H,9,11H2,1H3. The predicted octanol–water partition coefficient (Wildman–Crippen LogP) is 3.02. The molecule has 4 heteroatoms. The molecule has 20 heavy (non-hydrogen) atoms. The van der Waals surface area contributed by atoms with Gasteiger partial charge in [-0.1, -0.05) is 47.7 Å². The molecular formula is C16H15NO3. The first-order valence-corrected chi connectivity index (χ1v) is 6.53. The molecule has 2 aliphatic rings. The van der Waals surface area contributed by atoms with Crippen LogP contribution >= 0.6 is 0 Å². The van der Waals surface area contributed by atoms with Crippen LogP contribution in [0, 0.1) is 12.3 Å². The van der Waals surface area contributed by atoms with E-state index in [4.69, 9.17) is 9.26 Å². The van der Waals surface area contributed by atoms with Gasteiger partial charge in [0.25, 0.3) is 0 Å². The lowest BCUT2D eigenvalue weighted by Crippen LogP contribution is -2.34. The van der Waals surface area contributed by atoms with Gasteiger partial charge in [-0.2, -0.15) is 0 Å². The van der Waals surface area contributed by atoms with Crippen molar-refractivity contribution in [1.29, 1.82) is 0 Å². The summed E-state index contributed by atoms with van der Waals surface area (Å²) in [5, 5.41) is 3.82. The summed E-state index contributed by atoms with van der Waals surface area (Å²) in [7, 11) is 0. The summed E-state index contributed by atoms with van der Waals surface area (Å²) in [5.41, 5.74) is 0.894. The second-order valence-corrected chi connectivity index (χ2v) is 4.95. The second kappa shape index (κ2) is 4.96. The Morgan fingerprint density at radius 2 is 2.35 bits per heavy atom. The highest BCUT2D eigenvalue weighted by atomic mass is 16.5. The van der Waals surface area contributed by atoms with Crippen molar-refractivity contribution in [3.8, 4) is 0 Å². The van der Waals surface area contributed by atoms with Gasteiger partial charge in [-0.25, -0.2) is 0 Å². The lowest BCUT2D eigenvalue weighted by molar-refractivity contribution is -0.152. The maximum atomic E-state index is 12.5. The maximum absolute atomic E-state index is 12.5. The highest BCUT2D eigenvalue weighted by Gasteiger charge is 2.41. The average Bonchev–Trinajstić information content (AvgIpc) is 2.90. The molecule has 0 amide bonds. The van der Waals surface area contributed by atoms with E-state index in [2.05, 4.69) is 5.16 Å². The minimum absolute atomic E-state index is 0.131. The van der Waals surface area contributed by atoms with Crippen LogP contribution in [0.4, 0.5) is 0 Å². The molecular weight excluding hydrogens is 254 g/mol. The summed E-state index contributed by atoms with van der Waals surface area (Å²) in [6.45, 7) is 1.94. The van der Waals surface area contributed by atoms with Gasteiger partial charge in [-0.3, -0.25) is 4.79 Å². The van der Waals surface area contributed by atoms with E-state index >= 15 is 0 Å². The molecule has 0 N–H and O–H groups in total. The Morgan fingerprint density at radius 1 is 1.45 bits per heavy atom. The molecule has 102 valence electrons. The lowest BCUT2D eigenvalue weighted by atomic mass is 9.72. The number of aryl methyl sites for hydroxylation is 1. The third-order valence-corrected chi connectivity index (χ3v) is 3.53. The summed E-state index contributed by atoms with van der Waals surface area (Å²) in [4.78, 5) is 12.5. The number of esters is 1. The number of ether oxygens (including phenoxy) is 1. The van der Waals surface area contributed by atoms with E-state index < -0.39 is 5.41 Å². The number of aromatic nitrogens is 1. The van der Waals surface area contributed by atoms with E-state index in [0.29, 0.717) is 17.9 Å². The van der Waals surface area contributed by atoms with Crippen molar-refractivity contribution in [2.24, 2.45) is 5.41 Å². The molecule has 4 nitrogen and oxygen atoms in total. The summed E-state index contributed by atoms with van der Waals surface area (Å²) >= 11 is 0. The zero-order chi connectivity index (χ0) is 14.0. The number of fused-ring (bicyclic) bond motifs is 1. The van der Waals surface area contributed by atoms with Gasteiger partial charge in [0.15, 0.2) is 0 Å². The van der Waals surface area contributed by atoms with Crippen LogP contribution in [0.25, 0.3) is 0 Å². The first-order chi connectivity index (χ1) is 9.71. The highest BCUT2D eigenvalue weighted by molar-refractivity contribution is 5.85. The molecule has 1 atom stereocenters. The zero-order valence-corrected chi connectivity index (χ0v) is 11.2. The average molecular weight is 269 g/mol. The minimum atomic E-state index is -0.692.